The Hall–Kier alpha value is -2.11. The zero-order chi connectivity index (χ0) is 14.7. The maximum atomic E-state index is 12.4. The minimum absolute atomic E-state index is 0.134. The number of nitrogens with zero attached hydrogens (tertiary/aromatic N) is 3. The third-order valence-corrected chi connectivity index (χ3v) is 3.74. The standard InChI is InChI=1S/C14H19N3O3/c1-16-8-7-15-12(16)9-17(2)13(18)10-5-3-4-6-11(10)14(19)20/h3-4,7-8,10-11H,5-6,9H2,1-2H3,(H,19,20). The number of hydrogen-bond acceptors (Lipinski definition) is 3. The van der Waals surface area contributed by atoms with Crippen LogP contribution in [0.3, 0.4) is 0 Å². The molecule has 0 bridgehead atoms. The fourth-order valence-electron chi connectivity index (χ4n) is 2.48. The van der Waals surface area contributed by atoms with Crippen LogP contribution < -0.4 is 0 Å². The van der Waals surface area contributed by atoms with Gasteiger partial charge >= 0.3 is 5.97 Å². The quantitative estimate of drug-likeness (QED) is 0.835. The van der Waals surface area contributed by atoms with E-state index < -0.39 is 17.8 Å². The van der Waals surface area contributed by atoms with Crippen LogP contribution in [0.1, 0.15) is 18.7 Å². The van der Waals surface area contributed by atoms with E-state index in [1.807, 2.05) is 30.0 Å². The molecule has 0 saturated heterocycles. The lowest BCUT2D eigenvalue weighted by molar-refractivity contribution is -0.150. The van der Waals surface area contributed by atoms with E-state index in [9.17, 15) is 14.7 Å². The van der Waals surface area contributed by atoms with Crippen LogP contribution in [-0.4, -0.2) is 38.5 Å². The van der Waals surface area contributed by atoms with Gasteiger partial charge in [0.15, 0.2) is 0 Å². The van der Waals surface area contributed by atoms with Crippen molar-refractivity contribution in [3.05, 3.63) is 30.4 Å². The predicted molar refractivity (Wildman–Crippen MR) is 72.7 cm³/mol. The molecule has 2 rings (SSSR count). The maximum absolute atomic E-state index is 12.4. The number of carbonyl (C=O) groups excluding carboxylic acids is 1. The van der Waals surface area contributed by atoms with Crippen molar-refractivity contribution in [3.63, 3.8) is 0 Å². The summed E-state index contributed by atoms with van der Waals surface area (Å²) in [4.78, 5) is 29.4. The van der Waals surface area contributed by atoms with E-state index >= 15 is 0 Å². The molecule has 1 amide bonds. The number of carboxylic acid groups (broad SMARTS) is 1. The number of imidazole rings is 1. The zero-order valence-corrected chi connectivity index (χ0v) is 11.7. The monoisotopic (exact) mass is 277 g/mol. The molecule has 20 heavy (non-hydrogen) atoms. The number of amides is 1. The summed E-state index contributed by atoms with van der Waals surface area (Å²) >= 11 is 0. The van der Waals surface area contributed by atoms with Crippen molar-refractivity contribution in [3.8, 4) is 0 Å². The molecule has 0 aromatic carbocycles. The average Bonchev–Trinajstić information content (AvgIpc) is 2.83. The molecule has 0 fully saturated rings. The van der Waals surface area contributed by atoms with Crippen LogP contribution in [0.4, 0.5) is 0 Å². The van der Waals surface area contributed by atoms with E-state index in [2.05, 4.69) is 4.98 Å². The van der Waals surface area contributed by atoms with Crippen molar-refractivity contribution >= 4 is 11.9 Å². The van der Waals surface area contributed by atoms with Gasteiger partial charge in [0.1, 0.15) is 5.82 Å². The molecule has 1 N–H and O–H groups in total. The number of aliphatic carboxylic acids is 1. The summed E-state index contributed by atoms with van der Waals surface area (Å²) in [6, 6.07) is 0. The Morgan fingerprint density at radius 2 is 2.05 bits per heavy atom. The first-order chi connectivity index (χ1) is 9.50. The van der Waals surface area contributed by atoms with Gasteiger partial charge in [-0.1, -0.05) is 12.2 Å². The normalized spacial score (nSPS) is 21.7. The molecule has 0 radical (unpaired) electrons. The van der Waals surface area contributed by atoms with Crippen LogP contribution in [-0.2, 0) is 23.2 Å². The molecule has 1 heterocycles. The highest BCUT2D eigenvalue weighted by atomic mass is 16.4. The van der Waals surface area contributed by atoms with Crippen LogP contribution in [0.2, 0.25) is 0 Å². The smallest absolute Gasteiger partial charge is 0.307 e. The molecule has 0 aliphatic heterocycles. The molecule has 2 unspecified atom stereocenters. The molecule has 6 nitrogen and oxygen atoms in total. The second-order valence-electron chi connectivity index (χ2n) is 5.14. The van der Waals surface area contributed by atoms with Crippen molar-refractivity contribution in [1.82, 2.24) is 14.5 Å². The van der Waals surface area contributed by atoms with Gasteiger partial charge in [-0.25, -0.2) is 4.98 Å². The number of aryl methyl sites for hydroxylation is 1. The van der Waals surface area contributed by atoms with Gasteiger partial charge in [-0.2, -0.15) is 0 Å². The maximum Gasteiger partial charge on any atom is 0.307 e. The van der Waals surface area contributed by atoms with Crippen molar-refractivity contribution in [2.45, 2.75) is 19.4 Å². The van der Waals surface area contributed by atoms with Gasteiger partial charge in [-0.05, 0) is 12.8 Å². The molecule has 1 aliphatic rings. The lowest BCUT2D eigenvalue weighted by Crippen LogP contribution is -2.39. The summed E-state index contributed by atoms with van der Waals surface area (Å²) in [6.07, 6.45) is 8.12. The molecule has 1 aromatic rings. The largest absolute Gasteiger partial charge is 0.481 e. The number of carbonyl (C=O) groups is 2. The van der Waals surface area contributed by atoms with E-state index in [1.165, 1.54) is 0 Å². The van der Waals surface area contributed by atoms with Crippen LogP contribution in [0.5, 0.6) is 0 Å². The van der Waals surface area contributed by atoms with Gasteiger partial charge in [-0.3, -0.25) is 9.59 Å². The molecular weight excluding hydrogens is 258 g/mol. The van der Waals surface area contributed by atoms with Gasteiger partial charge in [0.2, 0.25) is 5.91 Å². The first-order valence-corrected chi connectivity index (χ1v) is 6.59. The van der Waals surface area contributed by atoms with Gasteiger partial charge in [-0.15, -0.1) is 0 Å². The lowest BCUT2D eigenvalue weighted by atomic mass is 9.82. The number of aromatic nitrogens is 2. The minimum Gasteiger partial charge on any atom is -0.481 e. The number of carboxylic acids is 1. The summed E-state index contributed by atoms with van der Waals surface area (Å²) in [5, 5.41) is 9.22. The van der Waals surface area contributed by atoms with Gasteiger partial charge in [0.05, 0.1) is 18.4 Å². The number of allylic oxidation sites excluding steroid dienone is 2. The highest BCUT2D eigenvalue weighted by Crippen LogP contribution is 2.27. The first kappa shape index (κ1) is 14.3. The Morgan fingerprint density at radius 1 is 1.40 bits per heavy atom. The minimum atomic E-state index is -0.905. The highest BCUT2D eigenvalue weighted by Gasteiger charge is 2.35. The second-order valence-corrected chi connectivity index (χ2v) is 5.14. The summed E-state index contributed by atoms with van der Waals surface area (Å²) < 4.78 is 1.85. The topological polar surface area (TPSA) is 75.4 Å². The van der Waals surface area contributed by atoms with E-state index in [-0.39, 0.29) is 5.91 Å². The van der Waals surface area contributed by atoms with Crippen molar-refractivity contribution in [2.75, 3.05) is 7.05 Å². The van der Waals surface area contributed by atoms with Crippen LogP contribution in [0, 0.1) is 11.8 Å². The summed E-state index contributed by atoms with van der Waals surface area (Å²) in [5.74, 6) is -1.37. The van der Waals surface area contributed by atoms with Crippen LogP contribution in [0.15, 0.2) is 24.5 Å². The lowest BCUT2D eigenvalue weighted by Gasteiger charge is -2.28. The summed E-state index contributed by atoms with van der Waals surface area (Å²) in [5.41, 5.74) is 0. The SMILES string of the molecule is CN(Cc1nccn1C)C(=O)C1CC=CCC1C(=O)O. The van der Waals surface area contributed by atoms with Gasteiger partial charge in [0.25, 0.3) is 0 Å². The Balaban J connectivity index is 2.07. The fraction of sp³-hybridized carbons (Fsp3) is 0.500. The van der Waals surface area contributed by atoms with E-state index in [4.69, 9.17) is 0 Å². The van der Waals surface area contributed by atoms with Gasteiger partial charge in [0, 0.05) is 26.5 Å². The van der Waals surface area contributed by atoms with E-state index in [0.717, 1.165) is 5.82 Å². The van der Waals surface area contributed by atoms with Crippen molar-refractivity contribution in [1.29, 1.82) is 0 Å². The van der Waals surface area contributed by atoms with Crippen molar-refractivity contribution in [2.24, 2.45) is 18.9 Å². The van der Waals surface area contributed by atoms with E-state index in [0.29, 0.717) is 19.4 Å². The third-order valence-electron chi connectivity index (χ3n) is 3.74. The first-order valence-electron chi connectivity index (χ1n) is 6.59. The summed E-state index contributed by atoms with van der Waals surface area (Å²) in [7, 11) is 3.55. The molecule has 1 aromatic heterocycles. The third kappa shape index (κ3) is 2.89. The summed E-state index contributed by atoms with van der Waals surface area (Å²) in [6.45, 7) is 0.384. The molecule has 108 valence electrons. The molecule has 1 aliphatic carbocycles. The Kier molecular flexibility index (Phi) is 4.22. The predicted octanol–water partition coefficient (Wildman–Crippen LogP) is 1.05. The van der Waals surface area contributed by atoms with Crippen LogP contribution >= 0.6 is 0 Å². The van der Waals surface area contributed by atoms with Gasteiger partial charge < -0.3 is 14.6 Å². The average molecular weight is 277 g/mol. The fourth-order valence-corrected chi connectivity index (χ4v) is 2.48. The van der Waals surface area contributed by atoms with E-state index in [1.54, 1.807) is 18.1 Å². The van der Waals surface area contributed by atoms with Crippen molar-refractivity contribution < 1.29 is 14.7 Å². The number of rotatable bonds is 4. The second kappa shape index (κ2) is 5.90. The molecular formula is C14H19N3O3. The molecule has 0 saturated carbocycles. The highest BCUT2D eigenvalue weighted by molar-refractivity contribution is 5.85. The molecule has 6 heteroatoms. The van der Waals surface area contributed by atoms with Crippen LogP contribution in [0.25, 0.3) is 0 Å². The Labute approximate surface area is 117 Å². The Bertz CT molecular complexity index is 536. The Morgan fingerprint density at radius 3 is 2.60 bits per heavy atom. The zero-order valence-electron chi connectivity index (χ0n) is 11.7. The molecule has 2 atom stereocenters. The molecule has 0 spiro atoms. The number of hydrogen-bond donors (Lipinski definition) is 1.